The number of hydrogen-bond donors (Lipinski definition) is 1. The van der Waals surface area contributed by atoms with Gasteiger partial charge in [0, 0.05) is 18.5 Å². The summed E-state index contributed by atoms with van der Waals surface area (Å²) in [7, 11) is -3.60. The van der Waals surface area contributed by atoms with Crippen molar-refractivity contribution < 1.29 is 17.9 Å². The van der Waals surface area contributed by atoms with E-state index < -0.39 is 16.0 Å². The molecule has 0 amide bonds. The lowest BCUT2D eigenvalue weighted by molar-refractivity contribution is -0.131. The Balaban J connectivity index is 2.02. The molecule has 0 aromatic heterocycles. The molecule has 0 saturated carbocycles. The average Bonchev–Trinajstić information content (AvgIpc) is 2.46. The molecule has 0 aliphatic rings. The van der Waals surface area contributed by atoms with E-state index in [-0.39, 0.29) is 11.4 Å². The maximum absolute atomic E-state index is 12.1. The number of nitrogens with one attached hydrogen (secondary N) is 1. The van der Waals surface area contributed by atoms with E-state index in [1.807, 2.05) is 0 Å². The van der Waals surface area contributed by atoms with E-state index in [9.17, 15) is 13.2 Å². The molecule has 0 radical (unpaired) electrons. The minimum Gasteiger partial charge on any atom is -0.427 e. The molecule has 0 aliphatic carbocycles. The first-order chi connectivity index (χ1) is 10.4. The van der Waals surface area contributed by atoms with Crippen molar-refractivity contribution >= 4 is 27.6 Å². The van der Waals surface area contributed by atoms with Gasteiger partial charge in [-0.25, -0.2) is 13.1 Å². The van der Waals surface area contributed by atoms with Gasteiger partial charge in [-0.05, 0) is 42.0 Å². The Morgan fingerprint density at radius 1 is 1.09 bits per heavy atom. The predicted molar refractivity (Wildman–Crippen MR) is 83.2 cm³/mol. The number of esters is 1. The van der Waals surface area contributed by atoms with Crippen LogP contribution in [0.5, 0.6) is 5.75 Å². The number of ether oxygens (including phenoxy) is 1. The molecule has 2 rings (SSSR count). The number of sulfonamides is 1. The Bertz CT molecular complexity index is 755. The smallest absolute Gasteiger partial charge is 0.308 e. The molecule has 116 valence electrons. The molecule has 22 heavy (non-hydrogen) atoms. The van der Waals surface area contributed by atoms with Crippen LogP contribution in [0.1, 0.15) is 12.5 Å². The van der Waals surface area contributed by atoms with Crippen LogP contribution in [0.15, 0.2) is 53.4 Å². The third kappa shape index (κ3) is 4.56. The van der Waals surface area contributed by atoms with E-state index in [0.717, 1.165) is 5.56 Å². The van der Waals surface area contributed by atoms with Gasteiger partial charge < -0.3 is 4.74 Å². The molecule has 5 nitrogen and oxygen atoms in total. The van der Waals surface area contributed by atoms with Crippen LogP contribution in [0.25, 0.3) is 0 Å². The van der Waals surface area contributed by atoms with Crippen molar-refractivity contribution in [1.29, 1.82) is 0 Å². The van der Waals surface area contributed by atoms with Crippen molar-refractivity contribution in [3.05, 3.63) is 59.1 Å². The van der Waals surface area contributed by atoms with E-state index in [2.05, 4.69) is 4.72 Å². The lowest BCUT2D eigenvalue weighted by atomic mass is 10.2. The highest BCUT2D eigenvalue weighted by Crippen LogP contribution is 2.15. The Kier molecular flexibility index (Phi) is 5.18. The lowest BCUT2D eigenvalue weighted by Gasteiger charge is -2.08. The minimum absolute atomic E-state index is 0.130. The summed E-state index contributed by atoms with van der Waals surface area (Å²) < 4.78 is 31.6. The fourth-order valence-corrected chi connectivity index (χ4v) is 2.86. The highest BCUT2D eigenvalue weighted by Gasteiger charge is 2.13. The van der Waals surface area contributed by atoms with Crippen LogP contribution in [0.3, 0.4) is 0 Å². The number of carbonyl (C=O) groups is 1. The Morgan fingerprint density at radius 2 is 1.68 bits per heavy atom. The molecule has 1 N–H and O–H groups in total. The van der Waals surface area contributed by atoms with Crippen LogP contribution in [0, 0.1) is 0 Å². The van der Waals surface area contributed by atoms with Crippen LogP contribution < -0.4 is 9.46 Å². The molecule has 0 atom stereocenters. The molecule has 0 unspecified atom stereocenters. The fourth-order valence-electron chi connectivity index (χ4n) is 1.72. The normalized spacial score (nSPS) is 11.2. The summed E-state index contributed by atoms with van der Waals surface area (Å²) in [5.41, 5.74) is 0.744. The minimum atomic E-state index is -3.60. The van der Waals surface area contributed by atoms with Gasteiger partial charge in [-0.15, -0.1) is 0 Å². The van der Waals surface area contributed by atoms with Crippen molar-refractivity contribution in [3.8, 4) is 5.75 Å². The second kappa shape index (κ2) is 6.91. The molecule has 0 fully saturated rings. The van der Waals surface area contributed by atoms with E-state index in [0.29, 0.717) is 10.8 Å². The fraction of sp³-hybridized carbons (Fsp3) is 0.133. The number of carbonyl (C=O) groups excluding carboxylic acids is 1. The van der Waals surface area contributed by atoms with Crippen LogP contribution in [-0.2, 0) is 21.4 Å². The SMILES string of the molecule is CC(=O)Oc1ccc(CNS(=O)(=O)c2ccc(Cl)cc2)cc1. The number of rotatable bonds is 5. The first kappa shape index (κ1) is 16.5. The molecule has 7 heteroatoms. The molecule has 0 spiro atoms. The second-order valence-corrected chi connectivity index (χ2v) is 6.72. The van der Waals surface area contributed by atoms with Gasteiger partial charge in [-0.2, -0.15) is 0 Å². The molecule has 0 saturated heterocycles. The van der Waals surface area contributed by atoms with Gasteiger partial charge in [0.05, 0.1) is 4.90 Å². The summed E-state index contributed by atoms with van der Waals surface area (Å²) >= 11 is 5.73. The van der Waals surface area contributed by atoms with Crippen molar-refractivity contribution in [2.24, 2.45) is 0 Å². The van der Waals surface area contributed by atoms with Crippen molar-refractivity contribution in [1.82, 2.24) is 4.72 Å². The van der Waals surface area contributed by atoms with Crippen LogP contribution in [0.2, 0.25) is 5.02 Å². The van der Waals surface area contributed by atoms with E-state index in [1.54, 1.807) is 24.3 Å². The van der Waals surface area contributed by atoms with Gasteiger partial charge in [0.1, 0.15) is 5.75 Å². The van der Waals surface area contributed by atoms with E-state index in [4.69, 9.17) is 16.3 Å². The van der Waals surface area contributed by atoms with E-state index in [1.165, 1.54) is 31.2 Å². The standard InChI is InChI=1S/C15H14ClNO4S/c1-11(18)21-14-6-2-12(3-7-14)10-17-22(19,20)15-8-4-13(16)5-9-15/h2-9,17H,10H2,1H3. The van der Waals surface area contributed by atoms with Gasteiger partial charge in [0.15, 0.2) is 0 Å². The molecule has 2 aromatic carbocycles. The highest BCUT2D eigenvalue weighted by molar-refractivity contribution is 7.89. The number of hydrogen-bond acceptors (Lipinski definition) is 4. The third-order valence-corrected chi connectivity index (χ3v) is 4.44. The summed E-state index contributed by atoms with van der Waals surface area (Å²) in [5, 5.41) is 0.472. The topological polar surface area (TPSA) is 72.5 Å². The quantitative estimate of drug-likeness (QED) is 0.671. The molecule has 0 aliphatic heterocycles. The molecule has 0 heterocycles. The Morgan fingerprint density at radius 3 is 2.23 bits per heavy atom. The van der Waals surface area contributed by atoms with Crippen molar-refractivity contribution in [2.45, 2.75) is 18.4 Å². The summed E-state index contributed by atoms with van der Waals surface area (Å²) in [6.45, 7) is 1.44. The molecular weight excluding hydrogens is 326 g/mol. The first-order valence-corrected chi connectivity index (χ1v) is 8.25. The molecule has 2 aromatic rings. The van der Waals surface area contributed by atoms with Gasteiger partial charge in [-0.1, -0.05) is 23.7 Å². The van der Waals surface area contributed by atoms with E-state index >= 15 is 0 Å². The largest absolute Gasteiger partial charge is 0.427 e. The lowest BCUT2D eigenvalue weighted by Crippen LogP contribution is -2.23. The molecule has 0 bridgehead atoms. The second-order valence-electron chi connectivity index (χ2n) is 4.52. The summed E-state index contributed by atoms with van der Waals surface area (Å²) in [6.07, 6.45) is 0. The highest BCUT2D eigenvalue weighted by atomic mass is 35.5. The zero-order valence-electron chi connectivity index (χ0n) is 11.7. The Labute approximate surface area is 133 Å². The summed E-state index contributed by atoms with van der Waals surface area (Å²) in [5.74, 6) is 0.00741. The van der Waals surface area contributed by atoms with Gasteiger partial charge in [0.2, 0.25) is 10.0 Å². The maximum atomic E-state index is 12.1. The van der Waals surface area contributed by atoms with Crippen LogP contribution >= 0.6 is 11.6 Å². The zero-order valence-corrected chi connectivity index (χ0v) is 13.3. The Hall–Kier alpha value is -1.89. The van der Waals surface area contributed by atoms with Crippen LogP contribution in [0.4, 0.5) is 0 Å². The van der Waals surface area contributed by atoms with Gasteiger partial charge >= 0.3 is 5.97 Å². The third-order valence-electron chi connectivity index (χ3n) is 2.78. The van der Waals surface area contributed by atoms with Crippen LogP contribution in [-0.4, -0.2) is 14.4 Å². The van der Waals surface area contributed by atoms with Gasteiger partial charge in [-0.3, -0.25) is 4.79 Å². The van der Waals surface area contributed by atoms with Crippen molar-refractivity contribution in [2.75, 3.05) is 0 Å². The van der Waals surface area contributed by atoms with Gasteiger partial charge in [0.25, 0.3) is 0 Å². The predicted octanol–water partition coefficient (Wildman–Crippen LogP) is 2.74. The summed E-state index contributed by atoms with van der Waals surface area (Å²) in [6, 6.07) is 12.5. The first-order valence-electron chi connectivity index (χ1n) is 6.39. The molecular formula is C15H14ClNO4S. The monoisotopic (exact) mass is 339 g/mol. The maximum Gasteiger partial charge on any atom is 0.308 e. The van der Waals surface area contributed by atoms with Crippen molar-refractivity contribution in [3.63, 3.8) is 0 Å². The number of benzene rings is 2. The number of halogens is 1. The average molecular weight is 340 g/mol. The zero-order chi connectivity index (χ0) is 16.2. The summed E-state index contributed by atoms with van der Waals surface area (Å²) in [4.78, 5) is 11.0.